The molecule has 1 unspecified atom stereocenters. The first-order chi connectivity index (χ1) is 5.65. The quantitative estimate of drug-likeness (QED) is 0.430. The summed E-state index contributed by atoms with van der Waals surface area (Å²) in [7, 11) is 0. The molecule has 0 spiro atoms. The zero-order chi connectivity index (χ0) is 9.14. The molecule has 0 aliphatic carbocycles. The Balaban J connectivity index is 2.52. The third-order valence-corrected chi connectivity index (χ3v) is 2.17. The molecule has 1 fully saturated rings. The summed E-state index contributed by atoms with van der Waals surface area (Å²) in [6.45, 7) is 3.03. The highest BCUT2D eigenvalue weighted by molar-refractivity contribution is 5.89. The first kappa shape index (κ1) is 8.99. The normalized spacial score (nSPS) is 24.6. The summed E-state index contributed by atoms with van der Waals surface area (Å²) >= 11 is 0. The lowest BCUT2D eigenvalue weighted by atomic mass is 10.3. The van der Waals surface area contributed by atoms with Gasteiger partial charge in [-0.15, -0.1) is 0 Å². The van der Waals surface area contributed by atoms with Gasteiger partial charge in [-0.1, -0.05) is 5.16 Å². The zero-order valence-corrected chi connectivity index (χ0v) is 7.03. The summed E-state index contributed by atoms with van der Waals surface area (Å²) in [5.41, 5.74) is 5.83. The Labute approximate surface area is 70.8 Å². The number of hydrogen-bond acceptors (Lipinski definition) is 4. The predicted octanol–water partition coefficient (Wildman–Crippen LogP) is -0.604. The molecule has 0 aromatic heterocycles. The van der Waals surface area contributed by atoms with E-state index in [1.165, 1.54) is 0 Å². The van der Waals surface area contributed by atoms with Crippen LogP contribution >= 0.6 is 0 Å². The van der Waals surface area contributed by atoms with Crippen molar-refractivity contribution in [3.8, 4) is 0 Å². The van der Waals surface area contributed by atoms with E-state index in [2.05, 4.69) is 5.16 Å². The van der Waals surface area contributed by atoms with E-state index in [1.54, 1.807) is 6.92 Å². The second-order valence-electron chi connectivity index (χ2n) is 2.97. The second-order valence-corrected chi connectivity index (χ2v) is 2.97. The van der Waals surface area contributed by atoms with Crippen LogP contribution in [0.2, 0.25) is 0 Å². The minimum Gasteiger partial charge on any atom is -0.411 e. The number of hydrogen-bond donors (Lipinski definition) is 2. The molecule has 12 heavy (non-hydrogen) atoms. The number of carbonyl (C=O) groups is 1. The van der Waals surface area contributed by atoms with E-state index in [1.807, 2.05) is 4.90 Å². The summed E-state index contributed by atoms with van der Waals surface area (Å²) in [5, 5.41) is 11.6. The van der Waals surface area contributed by atoms with E-state index in [-0.39, 0.29) is 11.9 Å². The van der Waals surface area contributed by atoms with Gasteiger partial charge in [0.15, 0.2) is 0 Å². The lowest BCUT2D eigenvalue weighted by Gasteiger charge is -2.19. The lowest BCUT2D eigenvalue weighted by molar-refractivity contribution is -0.122. The maximum absolute atomic E-state index is 10.8. The maximum atomic E-state index is 10.8. The van der Waals surface area contributed by atoms with Crippen molar-refractivity contribution >= 4 is 11.6 Å². The van der Waals surface area contributed by atoms with Crippen molar-refractivity contribution in [1.82, 2.24) is 4.90 Å². The van der Waals surface area contributed by atoms with E-state index in [9.17, 15) is 4.79 Å². The summed E-state index contributed by atoms with van der Waals surface area (Å²) in [6, 6.07) is -0.274. The molecular formula is C7H13N3O2. The van der Waals surface area contributed by atoms with Crippen molar-refractivity contribution in [3.05, 3.63) is 0 Å². The number of carbonyl (C=O) groups excluding carboxylic acids is 1. The summed E-state index contributed by atoms with van der Waals surface area (Å²) < 4.78 is 0. The zero-order valence-electron chi connectivity index (χ0n) is 7.03. The molecule has 5 nitrogen and oxygen atoms in total. The minimum absolute atomic E-state index is 0.274. The Kier molecular flexibility index (Phi) is 2.65. The Hall–Kier alpha value is -1.10. The van der Waals surface area contributed by atoms with Crippen LogP contribution in [0.3, 0.4) is 0 Å². The van der Waals surface area contributed by atoms with Crippen LogP contribution in [0.1, 0.15) is 13.3 Å². The third kappa shape index (κ3) is 1.73. The number of nitrogens with two attached hydrogens (primary N) is 1. The summed E-state index contributed by atoms with van der Waals surface area (Å²) in [6.07, 6.45) is 0.716. The van der Waals surface area contributed by atoms with Crippen molar-refractivity contribution in [2.24, 2.45) is 10.9 Å². The molecule has 1 saturated heterocycles. The number of nitrogens with zero attached hydrogens (tertiary/aromatic N) is 2. The average Bonchev–Trinajstić information content (AvgIpc) is 2.50. The molecule has 0 aromatic carbocycles. The predicted molar refractivity (Wildman–Crippen MR) is 44.1 cm³/mol. The van der Waals surface area contributed by atoms with Crippen LogP contribution in [0.15, 0.2) is 5.16 Å². The van der Waals surface area contributed by atoms with Gasteiger partial charge in [0.1, 0.15) is 0 Å². The van der Waals surface area contributed by atoms with Gasteiger partial charge in [-0.25, -0.2) is 0 Å². The number of rotatable bonds is 2. The second kappa shape index (κ2) is 3.53. The molecule has 1 aliphatic rings. The number of likely N-dealkylation sites (tertiary alicyclic amines) is 1. The van der Waals surface area contributed by atoms with Gasteiger partial charge in [0.25, 0.3) is 0 Å². The molecule has 1 heterocycles. The summed E-state index contributed by atoms with van der Waals surface area (Å²) in [5.74, 6) is -0.339. The SMILES string of the molecule is CC(C(N)=O)N1CC/C(=N/O)C1. The van der Waals surface area contributed by atoms with Crippen LogP contribution < -0.4 is 5.73 Å². The smallest absolute Gasteiger partial charge is 0.234 e. The first-order valence-electron chi connectivity index (χ1n) is 3.88. The molecule has 0 saturated carbocycles. The first-order valence-corrected chi connectivity index (χ1v) is 3.88. The van der Waals surface area contributed by atoms with E-state index < -0.39 is 0 Å². The molecular weight excluding hydrogens is 158 g/mol. The fourth-order valence-corrected chi connectivity index (χ4v) is 1.26. The van der Waals surface area contributed by atoms with Gasteiger partial charge >= 0.3 is 0 Å². The maximum Gasteiger partial charge on any atom is 0.234 e. The topological polar surface area (TPSA) is 78.9 Å². The van der Waals surface area contributed by atoms with Crippen LogP contribution in [0.5, 0.6) is 0 Å². The van der Waals surface area contributed by atoms with Gasteiger partial charge in [-0.05, 0) is 6.92 Å². The van der Waals surface area contributed by atoms with Gasteiger partial charge in [0.2, 0.25) is 5.91 Å². The van der Waals surface area contributed by atoms with E-state index in [4.69, 9.17) is 10.9 Å². The van der Waals surface area contributed by atoms with Crippen LogP contribution in [-0.4, -0.2) is 40.9 Å². The van der Waals surface area contributed by atoms with Gasteiger partial charge in [-0.2, -0.15) is 0 Å². The van der Waals surface area contributed by atoms with E-state index in [0.717, 1.165) is 6.54 Å². The number of amides is 1. The molecule has 1 atom stereocenters. The van der Waals surface area contributed by atoms with Crippen molar-refractivity contribution in [3.63, 3.8) is 0 Å². The number of primary amides is 1. The van der Waals surface area contributed by atoms with Crippen LogP contribution in [0, 0.1) is 0 Å². The average molecular weight is 171 g/mol. The Morgan fingerprint density at radius 3 is 2.92 bits per heavy atom. The third-order valence-electron chi connectivity index (χ3n) is 2.17. The number of oxime groups is 1. The van der Waals surface area contributed by atoms with Gasteiger partial charge in [0, 0.05) is 19.5 Å². The highest BCUT2D eigenvalue weighted by Gasteiger charge is 2.25. The Morgan fingerprint density at radius 2 is 2.50 bits per heavy atom. The largest absolute Gasteiger partial charge is 0.411 e. The molecule has 68 valence electrons. The van der Waals surface area contributed by atoms with Crippen molar-refractivity contribution < 1.29 is 10.0 Å². The highest BCUT2D eigenvalue weighted by Crippen LogP contribution is 2.09. The molecule has 5 heteroatoms. The molecule has 0 aromatic rings. The van der Waals surface area contributed by atoms with Crippen LogP contribution in [0.4, 0.5) is 0 Å². The fourth-order valence-electron chi connectivity index (χ4n) is 1.26. The fraction of sp³-hybridized carbons (Fsp3) is 0.714. The van der Waals surface area contributed by atoms with Crippen LogP contribution in [0.25, 0.3) is 0 Å². The lowest BCUT2D eigenvalue weighted by Crippen LogP contribution is -2.41. The monoisotopic (exact) mass is 171 g/mol. The molecule has 1 aliphatic heterocycles. The van der Waals surface area contributed by atoms with E-state index in [0.29, 0.717) is 18.7 Å². The molecule has 0 bridgehead atoms. The van der Waals surface area contributed by atoms with E-state index >= 15 is 0 Å². The van der Waals surface area contributed by atoms with Crippen LogP contribution in [-0.2, 0) is 4.79 Å². The Morgan fingerprint density at radius 1 is 1.83 bits per heavy atom. The van der Waals surface area contributed by atoms with Crippen molar-refractivity contribution in [1.29, 1.82) is 0 Å². The Bertz CT molecular complexity index is 215. The van der Waals surface area contributed by atoms with Crippen molar-refractivity contribution in [2.45, 2.75) is 19.4 Å². The molecule has 0 radical (unpaired) electrons. The van der Waals surface area contributed by atoms with Gasteiger partial charge in [-0.3, -0.25) is 9.69 Å². The summed E-state index contributed by atoms with van der Waals surface area (Å²) in [4.78, 5) is 12.6. The highest BCUT2D eigenvalue weighted by atomic mass is 16.4. The standard InChI is InChI=1S/C7H13N3O2/c1-5(7(8)11)10-3-2-6(4-10)9-12/h5,12H,2-4H2,1H3,(H2,8,11)/b9-6-. The minimum atomic E-state index is -0.339. The molecule has 1 rings (SSSR count). The van der Waals surface area contributed by atoms with Crippen molar-refractivity contribution in [2.75, 3.05) is 13.1 Å². The van der Waals surface area contributed by atoms with Gasteiger partial charge < -0.3 is 10.9 Å². The molecule has 1 amide bonds. The van der Waals surface area contributed by atoms with Gasteiger partial charge in [0.05, 0.1) is 11.8 Å². The molecule has 3 N–H and O–H groups in total.